The number of amides is 2. The summed E-state index contributed by atoms with van der Waals surface area (Å²) in [6.45, 7) is 2.49. The molecule has 0 unspecified atom stereocenters. The molecule has 0 spiro atoms. The predicted octanol–water partition coefficient (Wildman–Crippen LogP) is 2.47. The van der Waals surface area contributed by atoms with Gasteiger partial charge in [0.1, 0.15) is 0 Å². The summed E-state index contributed by atoms with van der Waals surface area (Å²) in [5.74, 6) is 0.621. The van der Waals surface area contributed by atoms with Crippen LogP contribution in [0.5, 0.6) is 0 Å². The first kappa shape index (κ1) is 17.4. The minimum atomic E-state index is -0.0662. The second kappa shape index (κ2) is 7.68. The maximum absolute atomic E-state index is 12.3. The third-order valence-electron chi connectivity index (χ3n) is 4.97. The van der Waals surface area contributed by atoms with E-state index < -0.39 is 0 Å². The average molecular weight is 370 g/mol. The summed E-state index contributed by atoms with van der Waals surface area (Å²) in [5, 5.41) is 5.42. The second-order valence-electron chi connectivity index (χ2n) is 6.65. The van der Waals surface area contributed by atoms with Gasteiger partial charge in [-0.3, -0.25) is 9.59 Å². The molecule has 0 saturated carbocycles. The van der Waals surface area contributed by atoms with Crippen LogP contribution < -0.4 is 5.32 Å². The van der Waals surface area contributed by atoms with Gasteiger partial charge in [0, 0.05) is 24.2 Å². The van der Waals surface area contributed by atoms with Crippen LogP contribution in [-0.4, -0.2) is 54.5 Å². The molecule has 0 aromatic heterocycles. The monoisotopic (exact) mass is 370 g/mol. The Morgan fingerprint density at radius 3 is 2.62 bits per heavy atom. The fourth-order valence-electron chi connectivity index (χ4n) is 3.68. The van der Waals surface area contributed by atoms with Crippen molar-refractivity contribution in [3.63, 3.8) is 0 Å². The fraction of sp³-hybridized carbons (Fsp3) is 0.400. The van der Waals surface area contributed by atoms with Crippen molar-refractivity contribution < 1.29 is 14.3 Å². The van der Waals surface area contributed by atoms with E-state index in [4.69, 9.17) is 4.74 Å². The van der Waals surface area contributed by atoms with E-state index in [-0.39, 0.29) is 17.6 Å². The van der Waals surface area contributed by atoms with Crippen molar-refractivity contribution in [2.45, 2.75) is 12.8 Å². The molecule has 1 aliphatic heterocycles. The summed E-state index contributed by atoms with van der Waals surface area (Å²) in [4.78, 5) is 26.2. The minimum absolute atomic E-state index is 0.0662. The molecule has 5 nitrogen and oxygen atoms in total. The number of anilines is 1. The Morgan fingerprint density at radius 2 is 1.81 bits per heavy atom. The number of carbonyl (C=O) groups excluding carboxylic acids is 2. The van der Waals surface area contributed by atoms with E-state index in [2.05, 4.69) is 29.6 Å². The highest BCUT2D eigenvalue weighted by Gasteiger charge is 2.18. The van der Waals surface area contributed by atoms with Gasteiger partial charge in [0.05, 0.1) is 24.7 Å². The lowest BCUT2D eigenvalue weighted by Gasteiger charge is -2.26. The molecule has 2 aliphatic rings. The van der Waals surface area contributed by atoms with Crippen molar-refractivity contribution in [3.05, 3.63) is 41.5 Å². The van der Waals surface area contributed by atoms with Crippen LogP contribution in [0.3, 0.4) is 0 Å². The van der Waals surface area contributed by atoms with Crippen LogP contribution in [-0.2, 0) is 27.2 Å². The van der Waals surface area contributed by atoms with Gasteiger partial charge in [-0.05, 0) is 35.4 Å². The van der Waals surface area contributed by atoms with Gasteiger partial charge in [-0.25, -0.2) is 0 Å². The molecule has 1 saturated heterocycles. The maximum atomic E-state index is 12.3. The topological polar surface area (TPSA) is 58.6 Å². The van der Waals surface area contributed by atoms with Crippen molar-refractivity contribution in [3.8, 4) is 0 Å². The third kappa shape index (κ3) is 3.57. The van der Waals surface area contributed by atoms with Crippen LogP contribution >= 0.6 is 11.8 Å². The molecule has 1 aliphatic carbocycles. The molecule has 6 heteroatoms. The largest absolute Gasteiger partial charge is 0.378 e. The van der Waals surface area contributed by atoms with E-state index >= 15 is 0 Å². The number of benzene rings is 2. The number of nitrogens with one attached hydrogen (secondary N) is 1. The Balaban J connectivity index is 1.34. The van der Waals surface area contributed by atoms with E-state index in [0.717, 1.165) is 23.9 Å². The summed E-state index contributed by atoms with van der Waals surface area (Å²) in [6, 6.07) is 10.4. The minimum Gasteiger partial charge on any atom is -0.378 e. The van der Waals surface area contributed by atoms with Crippen LogP contribution in [0, 0.1) is 0 Å². The summed E-state index contributed by atoms with van der Waals surface area (Å²) < 4.78 is 5.25. The lowest BCUT2D eigenvalue weighted by Crippen LogP contribution is -2.41. The summed E-state index contributed by atoms with van der Waals surface area (Å²) in [7, 11) is 0. The molecular weight excluding hydrogens is 348 g/mol. The van der Waals surface area contributed by atoms with E-state index in [0.29, 0.717) is 32.1 Å². The second-order valence-corrected chi connectivity index (χ2v) is 7.63. The lowest BCUT2D eigenvalue weighted by molar-refractivity contribution is -0.132. The molecule has 1 fully saturated rings. The Morgan fingerprint density at radius 1 is 1.04 bits per heavy atom. The van der Waals surface area contributed by atoms with Crippen molar-refractivity contribution in [1.29, 1.82) is 0 Å². The molecule has 136 valence electrons. The Kier molecular flexibility index (Phi) is 5.13. The molecule has 0 bridgehead atoms. The third-order valence-corrected chi connectivity index (χ3v) is 5.89. The Bertz CT molecular complexity index is 836. The van der Waals surface area contributed by atoms with Crippen LogP contribution in [0.15, 0.2) is 30.3 Å². The van der Waals surface area contributed by atoms with E-state index in [9.17, 15) is 9.59 Å². The lowest BCUT2D eigenvalue weighted by atomic mass is 10.0. The summed E-state index contributed by atoms with van der Waals surface area (Å²) >= 11 is 1.36. The average Bonchev–Trinajstić information content (AvgIpc) is 3.09. The van der Waals surface area contributed by atoms with Crippen molar-refractivity contribution in [2.75, 3.05) is 43.1 Å². The van der Waals surface area contributed by atoms with Crippen LogP contribution in [0.4, 0.5) is 5.69 Å². The molecule has 2 amide bonds. The van der Waals surface area contributed by atoms with Crippen molar-refractivity contribution in [1.82, 2.24) is 4.90 Å². The first-order chi connectivity index (χ1) is 12.7. The van der Waals surface area contributed by atoms with Gasteiger partial charge in [-0.2, -0.15) is 0 Å². The summed E-state index contributed by atoms with van der Waals surface area (Å²) in [5.41, 5.74) is 3.58. The quantitative estimate of drug-likeness (QED) is 0.878. The molecule has 0 radical (unpaired) electrons. The van der Waals surface area contributed by atoms with E-state index in [1.807, 2.05) is 6.07 Å². The number of aryl methyl sites for hydroxylation is 2. The number of hydrogen-bond acceptors (Lipinski definition) is 4. The summed E-state index contributed by atoms with van der Waals surface area (Å²) in [6.07, 6.45) is 2.15. The zero-order valence-electron chi connectivity index (χ0n) is 14.6. The Hall–Kier alpha value is -2.05. The van der Waals surface area contributed by atoms with Gasteiger partial charge in [-0.15, -0.1) is 11.8 Å². The molecule has 1 heterocycles. The van der Waals surface area contributed by atoms with Crippen molar-refractivity contribution >= 4 is 40.0 Å². The molecule has 2 aromatic rings. The maximum Gasteiger partial charge on any atom is 0.234 e. The number of thioether (sulfide) groups is 1. The number of ether oxygens (including phenoxy) is 1. The van der Waals surface area contributed by atoms with Crippen LogP contribution in [0.2, 0.25) is 0 Å². The number of hydrogen-bond donors (Lipinski definition) is 1. The number of nitrogens with zero attached hydrogens (tertiary/aromatic N) is 1. The van der Waals surface area contributed by atoms with Crippen molar-refractivity contribution in [2.24, 2.45) is 0 Å². The smallest absolute Gasteiger partial charge is 0.234 e. The van der Waals surface area contributed by atoms with Gasteiger partial charge < -0.3 is 15.0 Å². The first-order valence-corrected chi connectivity index (χ1v) is 10.1. The molecule has 1 N–H and O–H groups in total. The molecule has 0 atom stereocenters. The SMILES string of the molecule is O=C(CSCC(=O)N1CCOCC1)Nc1ccc2c3c(cccc13)CC2. The highest BCUT2D eigenvalue weighted by molar-refractivity contribution is 8.00. The van der Waals surface area contributed by atoms with Gasteiger partial charge >= 0.3 is 0 Å². The van der Waals surface area contributed by atoms with Gasteiger partial charge in [0.15, 0.2) is 0 Å². The molecule has 2 aromatic carbocycles. The highest BCUT2D eigenvalue weighted by Crippen LogP contribution is 2.35. The first-order valence-electron chi connectivity index (χ1n) is 8.99. The number of rotatable bonds is 5. The number of carbonyl (C=O) groups is 2. The van der Waals surface area contributed by atoms with E-state index in [1.165, 1.54) is 28.3 Å². The normalized spacial score (nSPS) is 16.1. The van der Waals surface area contributed by atoms with E-state index in [1.54, 1.807) is 4.90 Å². The molecule has 4 rings (SSSR count). The fourth-order valence-corrected chi connectivity index (χ4v) is 4.39. The van der Waals surface area contributed by atoms with Gasteiger partial charge in [-0.1, -0.05) is 24.3 Å². The van der Waals surface area contributed by atoms with Gasteiger partial charge in [0.25, 0.3) is 0 Å². The Labute approximate surface area is 157 Å². The molecular formula is C20H22N2O3S. The van der Waals surface area contributed by atoms with Gasteiger partial charge in [0.2, 0.25) is 11.8 Å². The highest BCUT2D eigenvalue weighted by atomic mass is 32.2. The standard InChI is InChI=1S/C20H22N2O3S/c23-18(12-26-13-19(24)22-8-10-25-11-9-22)21-17-7-6-15-5-4-14-2-1-3-16(17)20(14)15/h1-3,6-7H,4-5,8-13H2,(H,21,23). The zero-order valence-corrected chi connectivity index (χ0v) is 15.4. The molecule has 26 heavy (non-hydrogen) atoms. The number of morpholine rings is 1. The zero-order chi connectivity index (χ0) is 17.9. The van der Waals surface area contributed by atoms with Crippen LogP contribution in [0.1, 0.15) is 11.1 Å². The predicted molar refractivity (Wildman–Crippen MR) is 105 cm³/mol. The van der Waals surface area contributed by atoms with Crippen LogP contribution in [0.25, 0.3) is 10.8 Å².